The van der Waals surface area contributed by atoms with Gasteiger partial charge in [0.2, 0.25) is 10.0 Å². The molecule has 2 fully saturated rings. The van der Waals surface area contributed by atoms with Gasteiger partial charge in [-0.05, 0) is 50.2 Å². The molecule has 3 rings (SSSR count). The number of nitrogens with zero attached hydrogens (tertiary/aromatic N) is 1. The van der Waals surface area contributed by atoms with Crippen molar-refractivity contribution in [2.24, 2.45) is 5.92 Å². The van der Waals surface area contributed by atoms with E-state index in [9.17, 15) is 13.2 Å². The summed E-state index contributed by atoms with van der Waals surface area (Å²) < 4.78 is 27.9. The molecule has 1 saturated heterocycles. The Balaban J connectivity index is 1.66. The Morgan fingerprint density at radius 1 is 1.20 bits per heavy atom. The van der Waals surface area contributed by atoms with Gasteiger partial charge in [-0.1, -0.05) is 18.2 Å². The molecule has 1 aliphatic heterocycles. The first-order valence-corrected chi connectivity index (χ1v) is 10.4. The number of carboxylic acids is 1. The lowest BCUT2D eigenvalue weighted by Gasteiger charge is -2.29. The van der Waals surface area contributed by atoms with E-state index in [4.69, 9.17) is 5.11 Å². The van der Waals surface area contributed by atoms with Crippen molar-refractivity contribution in [3.05, 3.63) is 29.8 Å². The number of aliphatic carboxylic acids is 1. The Hall–Kier alpha value is -1.44. The van der Waals surface area contributed by atoms with Gasteiger partial charge in [-0.25, -0.2) is 13.1 Å². The Morgan fingerprint density at radius 3 is 2.52 bits per heavy atom. The zero-order valence-electron chi connectivity index (χ0n) is 14.5. The lowest BCUT2D eigenvalue weighted by atomic mass is 10.1. The first-order valence-electron chi connectivity index (χ1n) is 8.89. The SMILES string of the molecule is Cc1ccccc1S(=O)(=O)NC[C@@H]1CC[C@H](CC(=O)O)N1CC1CC1. The largest absolute Gasteiger partial charge is 0.481 e. The minimum absolute atomic E-state index is 0.0195. The number of benzene rings is 1. The number of hydrogen-bond donors (Lipinski definition) is 2. The van der Waals surface area contributed by atoms with E-state index >= 15 is 0 Å². The van der Waals surface area contributed by atoms with Crippen molar-refractivity contribution in [2.45, 2.75) is 56.0 Å². The molecular weight excluding hydrogens is 340 g/mol. The summed E-state index contributed by atoms with van der Waals surface area (Å²) in [6.07, 6.45) is 4.17. The van der Waals surface area contributed by atoms with Gasteiger partial charge in [0.15, 0.2) is 0 Å². The standard InChI is InChI=1S/C18H26N2O4S/c1-13-4-2-3-5-17(13)25(23,24)19-11-16-9-8-15(10-18(21)22)20(16)12-14-6-7-14/h2-5,14-16,19H,6-12H2,1H3,(H,21,22)/t15-,16+/m1/s1. The van der Waals surface area contributed by atoms with Gasteiger partial charge in [0.25, 0.3) is 0 Å². The van der Waals surface area contributed by atoms with Crippen LogP contribution in [0.15, 0.2) is 29.2 Å². The molecule has 0 unspecified atom stereocenters. The van der Waals surface area contributed by atoms with Crippen LogP contribution in [0.5, 0.6) is 0 Å². The number of rotatable bonds is 8. The second-order valence-corrected chi connectivity index (χ2v) is 8.98. The second-order valence-electron chi connectivity index (χ2n) is 7.24. The number of aryl methyl sites for hydroxylation is 1. The van der Waals surface area contributed by atoms with Crippen molar-refractivity contribution < 1.29 is 18.3 Å². The van der Waals surface area contributed by atoms with E-state index in [0.29, 0.717) is 17.4 Å². The van der Waals surface area contributed by atoms with Crippen LogP contribution in [0.2, 0.25) is 0 Å². The predicted molar refractivity (Wildman–Crippen MR) is 94.9 cm³/mol. The lowest BCUT2D eigenvalue weighted by molar-refractivity contribution is -0.138. The van der Waals surface area contributed by atoms with E-state index < -0.39 is 16.0 Å². The normalized spacial score (nSPS) is 24.5. The summed E-state index contributed by atoms with van der Waals surface area (Å²) in [5, 5.41) is 9.13. The molecule has 2 aliphatic rings. The van der Waals surface area contributed by atoms with Gasteiger partial charge in [-0.2, -0.15) is 0 Å². The van der Waals surface area contributed by atoms with Gasteiger partial charge >= 0.3 is 5.97 Å². The van der Waals surface area contributed by atoms with Crippen molar-refractivity contribution in [3.63, 3.8) is 0 Å². The van der Waals surface area contributed by atoms with Crippen LogP contribution in [0.3, 0.4) is 0 Å². The molecule has 7 heteroatoms. The zero-order valence-corrected chi connectivity index (χ0v) is 15.3. The van der Waals surface area contributed by atoms with Gasteiger partial charge in [0, 0.05) is 25.2 Å². The van der Waals surface area contributed by atoms with E-state index in [1.165, 1.54) is 12.8 Å². The molecule has 6 nitrogen and oxygen atoms in total. The number of nitrogens with one attached hydrogen (secondary N) is 1. The third-order valence-electron chi connectivity index (χ3n) is 5.24. The Morgan fingerprint density at radius 2 is 1.88 bits per heavy atom. The molecule has 1 aromatic rings. The number of likely N-dealkylation sites (tertiary alicyclic amines) is 1. The molecule has 0 spiro atoms. The molecule has 0 amide bonds. The highest BCUT2D eigenvalue weighted by Gasteiger charge is 2.38. The first kappa shape index (κ1) is 18.4. The summed E-state index contributed by atoms with van der Waals surface area (Å²) in [7, 11) is -3.55. The third-order valence-corrected chi connectivity index (χ3v) is 6.82. The van der Waals surface area contributed by atoms with Crippen molar-refractivity contribution in [1.29, 1.82) is 0 Å². The Labute approximate surface area is 149 Å². The summed E-state index contributed by atoms with van der Waals surface area (Å²) in [5.74, 6) is -0.142. The number of carbonyl (C=O) groups is 1. The summed E-state index contributed by atoms with van der Waals surface area (Å²) in [6.45, 7) is 3.00. The highest BCUT2D eigenvalue weighted by Crippen LogP contribution is 2.35. The topological polar surface area (TPSA) is 86.7 Å². The molecule has 0 bridgehead atoms. The molecule has 1 aliphatic carbocycles. The second kappa shape index (κ2) is 7.43. The van der Waals surface area contributed by atoms with E-state index in [2.05, 4.69) is 9.62 Å². The Bertz CT molecular complexity index is 730. The average molecular weight is 366 g/mol. The minimum atomic E-state index is -3.55. The van der Waals surface area contributed by atoms with Crippen LogP contribution in [0.25, 0.3) is 0 Å². The fourth-order valence-corrected chi connectivity index (χ4v) is 5.01. The molecule has 1 saturated carbocycles. The molecule has 2 atom stereocenters. The lowest BCUT2D eigenvalue weighted by Crippen LogP contribution is -2.44. The summed E-state index contributed by atoms with van der Waals surface area (Å²) in [5.41, 5.74) is 0.722. The van der Waals surface area contributed by atoms with E-state index in [0.717, 1.165) is 24.9 Å². The summed E-state index contributed by atoms with van der Waals surface area (Å²) in [4.78, 5) is 13.6. The maximum atomic E-state index is 12.6. The minimum Gasteiger partial charge on any atom is -0.481 e. The number of hydrogen-bond acceptors (Lipinski definition) is 4. The number of carboxylic acid groups (broad SMARTS) is 1. The van der Waals surface area contributed by atoms with Gasteiger partial charge in [-0.3, -0.25) is 9.69 Å². The van der Waals surface area contributed by atoms with E-state index in [-0.39, 0.29) is 18.5 Å². The van der Waals surface area contributed by atoms with Crippen molar-refractivity contribution in [2.75, 3.05) is 13.1 Å². The Kier molecular flexibility index (Phi) is 5.46. The molecule has 0 aromatic heterocycles. The van der Waals surface area contributed by atoms with Crippen LogP contribution in [-0.4, -0.2) is 49.6 Å². The van der Waals surface area contributed by atoms with Gasteiger partial charge in [0.1, 0.15) is 0 Å². The molecule has 0 radical (unpaired) electrons. The van der Waals surface area contributed by atoms with Crippen LogP contribution in [-0.2, 0) is 14.8 Å². The quantitative estimate of drug-likeness (QED) is 0.735. The molecule has 1 heterocycles. The fourth-order valence-electron chi connectivity index (χ4n) is 3.69. The molecule has 1 aromatic carbocycles. The summed E-state index contributed by atoms with van der Waals surface area (Å²) in [6, 6.07) is 7.03. The first-order chi connectivity index (χ1) is 11.9. The van der Waals surface area contributed by atoms with Crippen LogP contribution in [0, 0.1) is 12.8 Å². The molecule has 25 heavy (non-hydrogen) atoms. The summed E-state index contributed by atoms with van der Waals surface area (Å²) >= 11 is 0. The molecule has 2 N–H and O–H groups in total. The highest BCUT2D eigenvalue weighted by atomic mass is 32.2. The number of sulfonamides is 1. The van der Waals surface area contributed by atoms with Crippen LogP contribution < -0.4 is 4.72 Å². The molecule has 138 valence electrons. The molecular formula is C18H26N2O4S. The van der Waals surface area contributed by atoms with Gasteiger partial charge < -0.3 is 5.11 Å². The highest BCUT2D eigenvalue weighted by molar-refractivity contribution is 7.89. The van der Waals surface area contributed by atoms with Crippen LogP contribution in [0.4, 0.5) is 0 Å². The van der Waals surface area contributed by atoms with E-state index in [1.807, 2.05) is 6.07 Å². The van der Waals surface area contributed by atoms with Gasteiger partial charge in [0.05, 0.1) is 11.3 Å². The van der Waals surface area contributed by atoms with E-state index in [1.54, 1.807) is 25.1 Å². The zero-order chi connectivity index (χ0) is 18.0. The van der Waals surface area contributed by atoms with Crippen molar-refractivity contribution in [1.82, 2.24) is 9.62 Å². The maximum absolute atomic E-state index is 12.6. The van der Waals surface area contributed by atoms with Crippen molar-refractivity contribution >= 4 is 16.0 Å². The van der Waals surface area contributed by atoms with Gasteiger partial charge in [-0.15, -0.1) is 0 Å². The van der Waals surface area contributed by atoms with Crippen LogP contribution >= 0.6 is 0 Å². The smallest absolute Gasteiger partial charge is 0.304 e. The van der Waals surface area contributed by atoms with Crippen LogP contribution in [0.1, 0.15) is 37.7 Å². The monoisotopic (exact) mass is 366 g/mol. The fraction of sp³-hybridized carbons (Fsp3) is 0.611. The average Bonchev–Trinajstić information content (AvgIpc) is 3.29. The third kappa shape index (κ3) is 4.59. The predicted octanol–water partition coefficient (Wildman–Crippen LogP) is 1.99. The van der Waals surface area contributed by atoms with Crippen molar-refractivity contribution in [3.8, 4) is 0 Å². The maximum Gasteiger partial charge on any atom is 0.304 e.